The molecule has 0 unspecified atom stereocenters. The molecule has 3 aromatic rings. The molecule has 4 rings (SSSR count). The predicted molar refractivity (Wildman–Crippen MR) is 81.7 cm³/mol. The molecule has 0 saturated carbocycles. The summed E-state index contributed by atoms with van der Waals surface area (Å²) in [5.41, 5.74) is 1.42. The van der Waals surface area contributed by atoms with E-state index in [0.717, 1.165) is 10.1 Å². The van der Waals surface area contributed by atoms with Crippen molar-refractivity contribution in [2.75, 3.05) is 7.11 Å². The average Bonchev–Trinajstić information content (AvgIpc) is 2.92. The quantitative estimate of drug-likeness (QED) is 0.538. The normalized spacial score (nSPS) is 13.2. The second kappa shape index (κ2) is 4.27. The number of rotatable bonds is 1. The molecule has 102 valence electrons. The number of ketones is 2. The maximum absolute atomic E-state index is 12.7. The zero-order valence-corrected chi connectivity index (χ0v) is 12.0. The predicted octanol–water partition coefficient (Wildman–Crippen LogP) is 3.69. The Morgan fingerprint density at radius 3 is 2.57 bits per heavy atom. The maximum Gasteiger partial charge on any atom is 0.204 e. The highest BCUT2D eigenvalue weighted by Gasteiger charge is 2.33. The average molecular weight is 294 g/mol. The molecule has 0 aliphatic heterocycles. The molecule has 0 amide bonds. The van der Waals surface area contributed by atoms with Crippen LogP contribution in [0.4, 0.5) is 0 Å². The van der Waals surface area contributed by atoms with Crippen LogP contribution in [0.25, 0.3) is 10.1 Å². The van der Waals surface area contributed by atoms with E-state index in [2.05, 4.69) is 0 Å². The van der Waals surface area contributed by atoms with Crippen LogP contribution in [0, 0.1) is 0 Å². The van der Waals surface area contributed by atoms with Gasteiger partial charge in [-0.15, -0.1) is 11.3 Å². The van der Waals surface area contributed by atoms with Gasteiger partial charge in [0.2, 0.25) is 5.78 Å². The molecule has 0 radical (unpaired) electrons. The minimum Gasteiger partial charge on any atom is -0.497 e. The number of hydrogen-bond acceptors (Lipinski definition) is 4. The third-order valence-electron chi connectivity index (χ3n) is 3.74. The van der Waals surface area contributed by atoms with Gasteiger partial charge in [0, 0.05) is 21.2 Å². The summed E-state index contributed by atoms with van der Waals surface area (Å²) in [6.45, 7) is 0. The second-order valence-corrected chi connectivity index (χ2v) is 5.92. The molecule has 3 nitrogen and oxygen atoms in total. The molecule has 21 heavy (non-hydrogen) atoms. The Hall–Kier alpha value is -2.46. The molecular formula is C17H10O3S. The van der Waals surface area contributed by atoms with Gasteiger partial charge in [-0.2, -0.15) is 0 Å². The SMILES string of the molecule is COc1ccc2c(c1)C(=O)c1sc3ccccc3c1C2=O. The van der Waals surface area contributed by atoms with Crippen LogP contribution >= 0.6 is 11.3 Å². The Bertz CT molecular complexity index is 921. The molecule has 0 atom stereocenters. The topological polar surface area (TPSA) is 43.4 Å². The number of ether oxygens (including phenoxy) is 1. The highest BCUT2D eigenvalue weighted by molar-refractivity contribution is 7.21. The Morgan fingerprint density at radius 1 is 0.952 bits per heavy atom. The number of methoxy groups -OCH3 is 1. The van der Waals surface area contributed by atoms with Crippen molar-refractivity contribution in [2.45, 2.75) is 0 Å². The highest BCUT2D eigenvalue weighted by Crippen LogP contribution is 2.39. The smallest absolute Gasteiger partial charge is 0.204 e. The fourth-order valence-corrected chi connectivity index (χ4v) is 3.88. The molecule has 1 heterocycles. The second-order valence-electron chi connectivity index (χ2n) is 4.87. The Kier molecular flexibility index (Phi) is 2.50. The summed E-state index contributed by atoms with van der Waals surface area (Å²) in [5, 5.41) is 0.859. The zero-order chi connectivity index (χ0) is 14.6. The van der Waals surface area contributed by atoms with Gasteiger partial charge in [-0.25, -0.2) is 0 Å². The van der Waals surface area contributed by atoms with Crippen LogP contribution in [-0.4, -0.2) is 18.7 Å². The lowest BCUT2D eigenvalue weighted by Gasteiger charge is -2.15. The molecular weight excluding hydrogens is 284 g/mol. The van der Waals surface area contributed by atoms with Gasteiger partial charge >= 0.3 is 0 Å². The molecule has 0 spiro atoms. The van der Waals surface area contributed by atoms with Gasteiger partial charge in [0.1, 0.15) is 5.75 Å². The number of carbonyl (C=O) groups is 2. The van der Waals surface area contributed by atoms with Gasteiger partial charge in [-0.3, -0.25) is 9.59 Å². The Balaban J connectivity index is 2.05. The van der Waals surface area contributed by atoms with Gasteiger partial charge in [-0.05, 0) is 24.3 Å². The largest absolute Gasteiger partial charge is 0.497 e. The van der Waals surface area contributed by atoms with Gasteiger partial charge < -0.3 is 4.74 Å². The number of thiophene rings is 1. The van der Waals surface area contributed by atoms with E-state index in [4.69, 9.17) is 4.74 Å². The van der Waals surface area contributed by atoms with Crippen molar-refractivity contribution >= 4 is 33.0 Å². The van der Waals surface area contributed by atoms with Crippen LogP contribution in [0.2, 0.25) is 0 Å². The van der Waals surface area contributed by atoms with Crippen molar-refractivity contribution < 1.29 is 14.3 Å². The maximum atomic E-state index is 12.7. The summed E-state index contributed by atoms with van der Waals surface area (Å²) >= 11 is 1.38. The van der Waals surface area contributed by atoms with Gasteiger partial charge in [0.05, 0.1) is 17.6 Å². The van der Waals surface area contributed by atoms with E-state index in [1.807, 2.05) is 24.3 Å². The molecule has 1 aliphatic rings. The molecule has 0 bridgehead atoms. The number of fused-ring (bicyclic) bond motifs is 4. The van der Waals surface area contributed by atoms with E-state index >= 15 is 0 Å². The first-order valence-electron chi connectivity index (χ1n) is 6.49. The van der Waals surface area contributed by atoms with Crippen LogP contribution in [0.1, 0.15) is 31.2 Å². The lowest BCUT2D eigenvalue weighted by atomic mass is 9.87. The fourth-order valence-electron chi connectivity index (χ4n) is 2.72. The molecule has 0 fully saturated rings. The Labute approximate surface area is 124 Å². The third kappa shape index (κ3) is 1.59. The molecule has 1 aliphatic carbocycles. The number of benzene rings is 2. The first kappa shape index (κ1) is 12.3. The summed E-state index contributed by atoms with van der Waals surface area (Å²) in [7, 11) is 1.54. The fraction of sp³-hybridized carbons (Fsp3) is 0.0588. The van der Waals surface area contributed by atoms with Crippen molar-refractivity contribution in [3.8, 4) is 5.75 Å². The van der Waals surface area contributed by atoms with E-state index in [-0.39, 0.29) is 11.6 Å². The van der Waals surface area contributed by atoms with Crippen molar-refractivity contribution in [3.05, 3.63) is 64.0 Å². The van der Waals surface area contributed by atoms with E-state index in [9.17, 15) is 9.59 Å². The minimum absolute atomic E-state index is 0.0836. The van der Waals surface area contributed by atoms with Crippen LogP contribution in [-0.2, 0) is 0 Å². The lowest BCUT2D eigenvalue weighted by molar-refractivity contribution is 0.0983. The molecule has 0 saturated heterocycles. The summed E-state index contributed by atoms with van der Waals surface area (Å²) in [5.74, 6) is 0.402. The van der Waals surface area contributed by atoms with Crippen LogP contribution in [0.5, 0.6) is 5.75 Å². The standard InChI is InChI=1S/C17H10O3S/c1-20-9-6-7-10-12(8-9)16(19)17-14(15(10)18)11-4-2-3-5-13(11)21-17/h2-8H,1H3. The summed E-state index contributed by atoms with van der Waals surface area (Å²) in [6, 6.07) is 12.6. The summed E-state index contributed by atoms with van der Waals surface area (Å²) < 4.78 is 6.11. The third-order valence-corrected chi connectivity index (χ3v) is 4.91. The van der Waals surface area contributed by atoms with Crippen molar-refractivity contribution in [3.63, 3.8) is 0 Å². The van der Waals surface area contributed by atoms with E-state index in [0.29, 0.717) is 27.3 Å². The minimum atomic E-state index is -0.0975. The molecule has 4 heteroatoms. The van der Waals surface area contributed by atoms with Gasteiger partial charge in [0.25, 0.3) is 0 Å². The summed E-state index contributed by atoms with van der Waals surface area (Å²) in [6.07, 6.45) is 0. The molecule has 2 aromatic carbocycles. The van der Waals surface area contributed by atoms with Crippen molar-refractivity contribution in [1.82, 2.24) is 0 Å². The van der Waals surface area contributed by atoms with Gasteiger partial charge in [-0.1, -0.05) is 18.2 Å². The number of carbonyl (C=O) groups excluding carboxylic acids is 2. The first-order chi connectivity index (χ1) is 10.2. The first-order valence-corrected chi connectivity index (χ1v) is 7.31. The highest BCUT2D eigenvalue weighted by atomic mass is 32.1. The van der Waals surface area contributed by atoms with Crippen LogP contribution in [0.3, 0.4) is 0 Å². The van der Waals surface area contributed by atoms with Crippen molar-refractivity contribution in [1.29, 1.82) is 0 Å². The molecule has 1 aromatic heterocycles. The zero-order valence-electron chi connectivity index (χ0n) is 11.2. The van der Waals surface area contributed by atoms with E-state index in [1.165, 1.54) is 11.3 Å². The van der Waals surface area contributed by atoms with E-state index < -0.39 is 0 Å². The molecule has 0 N–H and O–H groups in total. The Morgan fingerprint density at radius 2 is 1.76 bits per heavy atom. The van der Waals surface area contributed by atoms with Gasteiger partial charge in [0.15, 0.2) is 5.78 Å². The van der Waals surface area contributed by atoms with Crippen LogP contribution in [0.15, 0.2) is 42.5 Å². The lowest BCUT2D eigenvalue weighted by Crippen LogP contribution is -2.18. The number of hydrogen-bond donors (Lipinski definition) is 0. The monoisotopic (exact) mass is 294 g/mol. The van der Waals surface area contributed by atoms with E-state index in [1.54, 1.807) is 25.3 Å². The van der Waals surface area contributed by atoms with Crippen molar-refractivity contribution in [2.24, 2.45) is 0 Å². The summed E-state index contributed by atoms with van der Waals surface area (Å²) in [4.78, 5) is 26.0. The van der Waals surface area contributed by atoms with Crippen LogP contribution < -0.4 is 4.74 Å².